The van der Waals surface area contributed by atoms with Crippen molar-refractivity contribution in [2.75, 3.05) is 6.61 Å². The van der Waals surface area contributed by atoms with Crippen LogP contribution in [-0.2, 0) is 9.63 Å². The van der Waals surface area contributed by atoms with E-state index in [9.17, 15) is 15.0 Å². The third-order valence-corrected chi connectivity index (χ3v) is 5.40. The molecule has 0 aliphatic heterocycles. The van der Waals surface area contributed by atoms with E-state index < -0.39 is 18.2 Å². The zero-order chi connectivity index (χ0) is 19.4. The first-order valence-corrected chi connectivity index (χ1v) is 9.45. The first-order valence-electron chi connectivity index (χ1n) is 9.07. The minimum Gasteiger partial charge on any atom is -0.481 e. The largest absolute Gasteiger partial charge is 0.481 e. The van der Waals surface area contributed by atoms with E-state index in [0.29, 0.717) is 18.1 Å². The number of fused-ring (bicyclic) bond motifs is 1. The summed E-state index contributed by atoms with van der Waals surface area (Å²) in [6.07, 6.45) is 4.35. The molecule has 0 radical (unpaired) electrons. The number of carbonyl (C=O) groups is 1. The molecule has 2 aliphatic carbocycles. The molecule has 1 saturated carbocycles. The molecule has 0 bridgehead atoms. The molecule has 3 unspecified atom stereocenters. The third kappa shape index (κ3) is 4.90. The molecule has 4 N–H and O–H groups in total. The van der Waals surface area contributed by atoms with Crippen LogP contribution in [0.3, 0.4) is 0 Å². The van der Waals surface area contributed by atoms with Gasteiger partial charge in [-0.3, -0.25) is 15.1 Å². The van der Waals surface area contributed by atoms with Gasteiger partial charge in [0.15, 0.2) is 0 Å². The van der Waals surface area contributed by atoms with Crippen LogP contribution in [0.15, 0.2) is 47.7 Å². The number of aliphatic hydroxyl groups is 2. The molecule has 1 fully saturated rings. The van der Waals surface area contributed by atoms with Crippen molar-refractivity contribution in [3.05, 3.63) is 58.3 Å². The van der Waals surface area contributed by atoms with Gasteiger partial charge >= 0.3 is 5.97 Å². The van der Waals surface area contributed by atoms with Gasteiger partial charge < -0.3 is 15.3 Å². The molecule has 0 heterocycles. The molecule has 27 heavy (non-hydrogen) atoms. The van der Waals surface area contributed by atoms with E-state index in [-0.39, 0.29) is 18.3 Å². The quantitative estimate of drug-likeness (QED) is 0.292. The minimum atomic E-state index is -0.835. The van der Waals surface area contributed by atoms with Crippen molar-refractivity contribution in [1.82, 2.24) is 5.48 Å². The van der Waals surface area contributed by atoms with Crippen molar-refractivity contribution in [1.29, 1.82) is 0 Å². The van der Waals surface area contributed by atoms with Crippen molar-refractivity contribution in [2.24, 2.45) is 11.8 Å². The van der Waals surface area contributed by atoms with Crippen molar-refractivity contribution < 1.29 is 25.0 Å². The van der Waals surface area contributed by atoms with Crippen LogP contribution in [0.4, 0.5) is 0 Å². The number of carboxylic acids is 1. The van der Waals surface area contributed by atoms with E-state index in [1.807, 2.05) is 6.08 Å². The molecule has 0 spiro atoms. The zero-order valence-corrected chi connectivity index (χ0v) is 15.6. The average molecular weight is 394 g/mol. The molecule has 2 aliphatic rings. The number of benzene rings is 1. The molecule has 4 atom stereocenters. The lowest BCUT2D eigenvalue weighted by Gasteiger charge is -2.30. The van der Waals surface area contributed by atoms with Gasteiger partial charge in [-0.15, -0.1) is 0 Å². The number of carboxylic acid groups (broad SMARTS) is 1. The number of hydrogen-bond acceptors (Lipinski definition) is 5. The zero-order valence-electron chi connectivity index (χ0n) is 14.8. The maximum Gasteiger partial charge on any atom is 0.303 e. The molecule has 0 saturated heterocycles. The number of nitrogens with one attached hydrogen (secondary N) is 1. The number of aliphatic carboxylic acids is 1. The van der Waals surface area contributed by atoms with E-state index in [0.717, 1.165) is 29.7 Å². The van der Waals surface area contributed by atoms with Gasteiger partial charge in [-0.25, -0.2) is 0 Å². The Labute approximate surface area is 163 Å². The van der Waals surface area contributed by atoms with Gasteiger partial charge in [-0.2, -0.15) is 0 Å². The van der Waals surface area contributed by atoms with Crippen LogP contribution in [0.5, 0.6) is 0 Å². The van der Waals surface area contributed by atoms with Crippen molar-refractivity contribution >= 4 is 17.6 Å². The van der Waals surface area contributed by atoms with Crippen LogP contribution in [0.2, 0.25) is 5.02 Å². The Bertz CT molecular complexity index is 730. The highest BCUT2D eigenvalue weighted by atomic mass is 35.5. The lowest BCUT2D eigenvalue weighted by atomic mass is 9.83. The molecule has 0 amide bonds. The molecule has 7 heteroatoms. The molecule has 1 aromatic carbocycles. The maximum absolute atomic E-state index is 10.5. The van der Waals surface area contributed by atoms with Crippen molar-refractivity contribution in [3.63, 3.8) is 0 Å². The molecule has 6 nitrogen and oxygen atoms in total. The van der Waals surface area contributed by atoms with Gasteiger partial charge in [0.2, 0.25) is 0 Å². The number of hydrogen-bond donors (Lipinski definition) is 4. The normalized spacial score (nSPS) is 25.4. The highest BCUT2D eigenvalue weighted by molar-refractivity contribution is 6.30. The van der Waals surface area contributed by atoms with Gasteiger partial charge in [0, 0.05) is 29.0 Å². The summed E-state index contributed by atoms with van der Waals surface area (Å²) in [5.41, 5.74) is 5.77. The van der Waals surface area contributed by atoms with E-state index in [1.54, 1.807) is 30.3 Å². The Hall–Kier alpha value is -1.86. The maximum atomic E-state index is 10.5. The lowest BCUT2D eigenvalue weighted by Crippen LogP contribution is -2.32. The van der Waals surface area contributed by atoms with E-state index in [1.165, 1.54) is 0 Å². The molecule has 3 rings (SSSR count). The fourth-order valence-electron chi connectivity index (χ4n) is 3.58. The summed E-state index contributed by atoms with van der Waals surface area (Å²) in [6, 6.07) is 7.02. The molecular formula is C20H24ClNO5. The highest BCUT2D eigenvalue weighted by Gasteiger charge is 2.45. The molecule has 1 aromatic rings. The standard InChI is InChI=1S/C20H24ClNO5/c21-14-6-3-12(4-7-14)18(23)8-5-13-10-15-16(20(13)26)11-17(15)22-27-9-1-2-19(24)25/h3-8,13,16,18,20,22-23,26H,1-2,9-11H2,(H,24,25)/t13?,16-,18?,20?/m1/s1. The van der Waals surface area contributed by atoms with E-state index in [2.05, 4.69) is 5.48 Å². The van der Waals surface area contributed by atoms with Gasteiger partial charge in [-0.05, 0) is 42.5 Å². The van der Waals surface area contributed by atoms with Crippen LogP contribution in [-0.4, -0.2) is 34.0 Å². The summed E-state index contributed by atoms with van der Waals surface area (Å²) in [5.74, 6) is -0.755. The fraction of sp³-hybridized carbons (Fsp3) is 0.450. The Balaban J connectivity index is 1.50. The van der Waals surface area contributed by atoms with Gasteiger partial charge in [0.1, 0.15) is 0 Å². The van der Waals surface area contributed by atoms with E-state index in [4.69, 9.17) is 21.5 Å². The lowest BCUT2D eigenvalue weighted by molar-refractivity contribution is -0.137. The van der Waals surface area contributed by atoms with Crippen LogP contribution < -0.4 is 5.48 Å². The van der Waals surface area contributed by atoms with Crippen LogP contribution in [0.25, 0.3) is 0 Å². The first kappa shape index (κ1) is 19.9. The highest BCUT2D eigenvalue weighted by Crippen LogP contribution is 2.48. The first-order chi connectivity index (χ1) is 13.0. The summed E-state index contributed by atoms with van der Waals surface area (Å²) in [4.78, 5) is 15.8. The number of halogens is 1. The minimum absolute atomic E-state index is 0.0433. The van der Waals surface area contributed by atoms with Gasteiger partial charge in [0.25, 0.3) is 0 Å². The third-order valence-electron chi connectivity index (χ3n) is 5.15. The number of aliphatic hydroxyl groups excluding tert-OH is 2. The second kappa shape index (κ2) is 8.89. The number of hydroxylamine groups is 1. The van der Waals surface area contributed by atoms with Crippen molar-refractivity contribution in [2.45, 2.75) is 37.9 Å². The molecule has 0 aromatic heterocycles. The summed E-state index contributed by atoms with van der Waals surface area (Å²) < 4.78 is 0. The van der Waals surface area contributed by atoms with Gasteiger partial charge in [0.05, 0.1) is 18.8 Å². The van der Waals surface area contributed by atoms with Crippen LogP contribution >= 0.6 is 11.6 Å². The van der Waals surface area contributed by atoms with Crippen LogP contribution in [0, 0.1) is 11.8 Å². The Morgan fingerprint density at radius 2 is 2.07 bits per heavy atom. The SMILES string of the molecule is O=C(O)CCCONC1=C2CC(C=CC(O)c3ccc(Cl)cc3)C(O)[C@@H]2C1. The summed E-state index contributed by atoms with van der Waals surface area (Å²) in [6.45, 7) is 0.326. The number of allylic oxidation sites excluding steroid dienone is 1. The second-order valence-corrected chi connectivity index (χ2v) is 7.44. The average Bonchev–Trinajstić information content (AvgIpc) is 2.86. The molecule has 146 valence electrons. The monoisotopic (exact) mass is 393 g/mol. The predicted octanol–water partition coefficient (Wildman–Crippen LogP) is 2.97. The Morgan fingerprint density at radius 3 is 2.78 bits per heavy atom. The Kier molecular flexibility index (Phi) is 6.55. The predicted molar refractivity (Wildman–Crippen MR) is 101 cm³/mol. The molecular weight excluding hydrogens is 370 g/mol. The van der Waals surface area contributed by atoms with Crippen LogP contribution in [0.1, 0.15) is 37.4 Å². The summed E-state index contributed by atoms with van der Waals surface area (Å²) in [7, 11) is 0. The smallest absolute Gasteiger partial charge is 0.303 e. The summed E-state index contributed by atoms with van der Waals surface area (Å²) in [5, 5.41) is 29.9. The second-order valence-electron chi connectivity index (χ2n) is 7.00. The summed E-state index contributed by atoms with van der Waals surface area (Å²) >= 11 is 5.86. The van der Waals surface area contributed by atoms with Crippen molar-refractivity contribution in [3.8, 4) is 0 Å². The van der Waals surface area contributed by atoms with Gasteiger partial charge in [-0.1, -0.05) is 35.9 Å². The van der Waals surface area contributed by atoms with E-state index >= 15 is 0 Å². The number of rotatable bonds is 9. The fourth-order valence-corrected chi connectivity index (χ4v) is 3.71. The topological polar surface area (TPSA) is 99.0 Å². The Morgan fingerprint density at radius 1 is 1.33 bits per heavy atom.